The number of amides is 2. The summed E-state index contributed by atoms with van der Waals surface area (Å²) < 4.78 is 5.81. The molecule has 0 bridgehead atoms. The van der Waals surface area contributed by atoms with Gasteiger partial charge in [0.05, 0.1) is 13.2 Å². The molecular weight excluding hydrogens is 426 g/mol. The molecule has 4 rings (SSSR count). The highest BCUT2D eigenvalue weighted by Crippen LogP contribution is 2.33. The van der Waals surface area contributed by atoms with Crippen LogP contribution in [0.25, 0.3) is 0 Å². The first-order valence-corrected chi connectivity index (χ1v) is 12.6. The van der Waals surface area contributed by atoms with Gasteiger partial charge in [-0.05, 0) is 49.8 Å². The van der Waals surface area contributed by atoms with Crippen molar-refractivity contribution in [2.75, 3.05) is 32.8 Å². The van der Waals surface area contributed by atoms with Crippen LogP contribution in [0.1, 0.15) is 43.7 Å². The van der Waals surface area contributed by atoms with E-state index in [1.165, 1.54) is 5.56 Å². The smallest absolute Gasteiger partial charge is 0.248 e. The number of hydrogen-bond acceptors (Lipinski definition) is 4. The maximum absolute atomic E-state index is 13.4. The molecule has 1 atom stereocenters. The van der Waals surface area contributed by atoms with Gasteiger partial charge < -0.3 is 19.9 Å². The zero-order valence-electron chi connectivity index (χ0n) is 20.2. The molecule has 2 fully saturated rings. The Hall–Kier alpha value is -2.70. The Kier molecular flexibility index (Phi) is 8.35. The number of benzene rings is 2. The molecule has 2 amide bonds. The highest BCUT2D eigenvalue weighted by Gasteiger charge is 2.53. The molecule has 1 N–H and O–H groups in total. The van der Waals surface area contributed by atoms with E-state index in [-0.39, 0.29) is 18.4 Å². The lowest BCUT2D eigenvalue weighted by atomic mass is 9.81. The lowest BCUT2D eigenvalue weighted by Crippen LogP contribution is -2.73. The summed E-state index contributed by atoms with van der Waals surface area (Å²) in [5.41, 5.74) is 1.69. The van der Waals surface area contributed by atoms with Crippen LogP contribution in [0.3, 0.4) is 0 Å². The predicted octanol–water partition coefficient (Wildman–Crippen LogP) is 3.41. The van der Waals surface area contributed by atoms with Crippen LogP contribution in [0.2, 0.25) is 0 Å². The lowest BCUT2D eigenvalue weighted by molar-refractivity contribution is -0.163. The van der Waals surface area contributed by atoms with E-state index in [0.717, 1.165) is 44.5 Å². The minimum Gasteiger partial charge on any atom is -0.374 e. The fraction of sp³-hybridized carbons (Fsp3) is 0.500. The normalized spacial score (nSPS) is 20.5. The summed E-state index contributed by atoms with van der Waals surface area (Å²) in [4.78, 5) is 31.1. The minimum absolute atomic E-state index is 0.00737. The molecule has 0 radical (unpaired) electrons. The molecule has 0 aromatic heterocycles. The lowest BCUT2D eigenvalue weighted by Gasteiger charge is -2.51. The molecule has 0 saturated carbocycles. The van der Waals surface area contributed by atoms with E-state index in [1.807, 2.05) is 41.3 Å². The third-order valence-corrected chi connectivity index (χ3v) is 7.12. The summed E-state index contributed by atoms with van der Waals surface area (Å²) in [6.45, 7) is 5.99. The predicted molar refractivity (Wildman–Crippen MR) is 133 cm³/mol. The summed E-state index contributed by atoms with van der Waals surface area (Å²) in [6.07, 6.45) is 4.37. The summed E-state index contributed by atoms with van der Waals surface area (Å²) in [5, 5.41) is 3.01. The van der Waals surface area contributed by atoms with Crippen LogP contribution in [0.5, 0.6) is 0 Å². The summed E-state index contributed by atoms with van der Waals surface area (Å²) in [5.74, 6) is -0.0233. The van der Waals surface area contributed by atoms with Gasteiger partial charge >= 0.3 is 0 Å². The molecule has 0 aliphatic carbocycles. The van der Waals surface area contributed by atoms with Crippen LogP contribution in [0, 0.1) is 0 Å². The number of likely N-dealkylation sites (tertiary alicyclic amines) is 1. The average Bonchev–Trinajstić information content (AvgIpc) is 2.87. The van der Waals surface area contributed by atoms with E-state index in [0.29, 0.717) is 26.0 Å². The van der Waals surface area contributed by atoms with Gasteiger partial charge in [0, 0.05) is 19.6 Å². The van der Waals surface area contributed by atoms with Crippen LogP contribution < -0.4 is 5.32 Å². The van der Waals surface area contributed by atoms with Gasteiger partial charge in [-0.25, -0.2) is 0 Å². The highest BCUT2D eigenvalue weighted by atomic mass is 16.5. The topological polar surface area (TPSA) is 61.9 Å². The van der Waals surface area contributed by atoms with E-state index >= 15 is 0 Å². The fourth-order valence-electron chi connectivity index (χ4n) is 5.20. The number of piperidine rings is 1. The Morgan fingerprint density at radius 2 is 1.59 bits per heavy atom. The third kappa shape index (κ3) is 5.68. The quantitative estimate of drug-likeness (QED) is 0.587. The molecule has 34 heavy (non-hydrogen) atoms. The fourth-order valence-corrected chi connectivity index (χ4v) is 5.20. The molecule has 2 aromatic rings. The van der Waals surface area contributed by atoms with Gasteiger partial charge in [-0.2, -0.15) is 0 Å². The molecule has 1 unspecified atom stereocenters. The van der Waals surface area contributed by atoms with Gasteiger partial charge in [-0.3, -0.25) is 9.59 Å². The van der Waals surface area contributed by atoms with Gasteiger partial charge in [0.2, 0.25) is 11.8 Å². The van der Waals surface area contributed by atoms with Crippen LogP contribution in [-0.2, 0) is 27.4 Å². The maximum Gasteiger partial charge on any atom is 0.248 e. The monoisotopic (exact) mass is 463 g/mol. The van der Waals surface area contributed by atoms with E-state index in [4.69, 9.17) is 4.74 Å². The van der Waals surface area contributed by atoms with Crippen molar-refractivity contribution in [3.63, 3.8) is 0 Å². The molecule has 2 aliphatic rings. The standard InChI is InChI=1S/C28H37N3O3/c1-2-17-31-26(32)25(22-34-21-24-12-7-4-8-13-24)29-27(33)28(31)15-19-30(20-16-28)18-9-14-23-10-5-3-6-11-23/h3-8,10-13,25H,2,9,14-22H2,1H3,(H,29,33). The Morgan fingerprint density at radius 3 is 2.24 bits per heavy atom. The van der Waals surface area contributed by atoms with Crippen molar-refractivity contribution in [1.82, 2.24) is 15.1 Å². The van der Waals surface area contributed by atoms with Crippen LogP contribution in [-0.4, -0.2) is 66.0 Å². The molecule has 2 aliphatic heterocycles. The zero-order chi connectivity index (χ0) is 23.8. The SMILES string of the molecule is CCCN1C(=O)C(COCc2ccccc2)NC(=O)C12CCN(CCCc1ccccc1)CC2. The number of carbonyl (C=O) groups is 2. The summed E-state index contributed by atoms with van der Waals surface area (Å²) >= 11 is 0. The second-order valence-electron chi connectivity index (χ2n) is 9.48. The Balaban J connectivity index is 1.31. The zero-order valence-corrected chi connectivity index (χ0v) is 20.2. The molecule has 1 spiro atoms. The van der Waals surface area contributed by atoms with Gasteiger partial charge in [0.15, 0.2) is 0 Å². The second-order valence-corrected chi connectivity index (χ2v) is 9.48. The van der Waals surface area contributed by atoms with Crippen molar-refractivity contribution in [3.05, 3.63) is 71.8 Å². The Labute approximate surface area is 203 Å². The van der Waals surface area contributed by atoms with Gasteiger partial charge in [0.25, 0.3) is 0 Å². The van der Waals surface area contributed by atoms with E-state index in [2.05, 4.69) is 41.4 Å². The van der Waals surface area contributed by atoms with Crippen molar-refractivity contribution in [3.8, 4) is 0 Å². The molecule has 6 heteroatoms. The van der Waals surface area contributed by atoms with Crippen molar-refractivity contribution >= 4 is 11.8 Å². The first kappa shape index (κ1) is 24.4. The number of carbonyl (C=O) groups excluding carboxylic acids is 2. The highest BCUT2D eigenvalue weighted by molar-refractivity contribution is 6.00. The van der Waals surface area contributed by atoms with Crippen LogP contribution in [0.15, 0.2) is 60.7 Å². The minimum atomic E-state index is -0.723. The first-order valence-electron chi connectivity index (χ1n) is 12.6. The van der Waals surface area contributed by atoms with Crippen molar-refractivity contribution in [2.24, 2.45) is 0 Å². The molecule has 2 heterocycles. The van der Waals surface area contributed by atoms with Gasteiger partial charge in [0.1, 0.15) is 11.6 Å². The van der Waals surface area contributed by atoms with E-state index in [1.54, 1.807) is 0 Å². The number of nitrogens with zero attached hydrogens (tertiary/aromatic N) is 2. The van der Waals surface area contributed by atoms with Crippen molar-refractivity contribution < 1.29 is 14.3 Å². The second kappa shape index (κ2) is 11.6. The summed E-state index contributed by atoms with van der Waals surface area (Å²) in [6, 6.07) is 19.8. The molecule has 2 aromatic carbocycles. The first-order chi connectivity index (χ1) is 16.6. The number of nitrogens with one attached hydrogen (secondary N) is 1. The van der Waals surface area contributed by atoms with Gasteiger partial charge in [-0.15, -0.1) is 0 Å². The number of rotatable bonds is 10. The number of piperazine rings is 1. The largest absolute Gasteiger partial charge is 0.374 e. The Bertz CT molecular complexity index is 926. The maximum atomic E-state index is 13.4. The molecule has 6 nitrogen and oxygen atoms in total. The number of hydrogen-bond donors (Lipinski definition) is 1. The summed E-state index contributed by atoms with van der Waals surface area (Å²) in [7, 11) is 0. The molecular formula is C28H37N3O3. The number of aryl methyl sites for hydroxylation is 1. The van der Waals surface area contributed by atoms with Crippen molar-refractivity contribution in [1.29, 1.82) is 0 Å². The molecule has 182 valence electrons. The number of ether oxygens (including phenoxy) is 1. The van der Waals surface area contributed by atoms with Gasteiger partial charge in [-0.1, -0.05) is 67.6 Å². The van der Waals surface area contributed by atoms with E-state index in [9.17, 15) is 9.59 Å². The van der Waals surface area contributed by atoms with E-state index < -0.39 is 11.6 Å². The van der Waals surface area contributed by atoms with Crippen molar-refractivity contribution in [2.45, 2.75) is 57.2 Å². The van der Waals surface area contributed by atoms with Crippen LogP contribution in [0.4, 0.5) is 0 Å². The van der Waals surface area contributed by atoms with Crippen LogP contribution >= 0.6 is 0 Å². The third-order valence-electron chi connectivity index (χ3n) is 7.12. The molecule has 2 saturated heterocycles. The Morgan fingerprint density at radius 1 is 0.941 bits per heavy atom. The average molecular weight is 464 g/mol.